The largest absolute Gasteiger partial charge is 0.306 e. The highest BCUT2D eigenvalue weighted by atomic mass is 32.1. The zero-order valence-electron chi connectivity index (χ0n) is 32.3. The first kappa shape index (κ1) is 33.6. The first-order valence-electron chi connectivity index (χ1n) is 20.1. The van der Waals surface area contributed by atoms with E-state index in [1.54, 1.807) is 11.3 Å². The minimum absolute atomic E-state index is 0.355. The van der Waals surface area contributed by atoms with Gasteiger partial charge in [-0.05, 0) is 56.9 Å². The zero-order chi connectivity index (χ0) is 40.3. The molecule has 5 heterocycles. The van der Waals surface area contributed by atoms with Crippen molar-refractivity contribution in [2.24, 2.45) is 0 Å². The predicted molar refractivity (Wildman–Crippen MR) is 252 cm³/mol. The van der Waals surface area contributed by atoms with Gasteiger partial charge in [-0.15, -0.1) is 11.3 Å². The molecule has 280 valence electrons. The van der Waals surface area contributed by atoms with E-state index >= 15 is 0 Å². The first-order valence-corrected chi connectivity index (χ1v) is 20.9. The Balaban J connectivity index is 1.34. The summed E-state index contributed by atoms with van der Waals surface area (Å²) in [6.45, 7) is 9.16. The second-order valence-corrected chi connectivity index (χ2v) is 16.5. The number of aromatic nitrogens is 4. The minimum Gasteiger partial charge on any atom is -0.306 e. The van der Waals surface area contributed by atoms with Gasteiger partial charge in [-0.1, -0.05) is 133 Å². The van der Waals surface area contributed by atoms with Crippen molar-refractivity contribution in [3.8, 4) is 39.7 Å². The molecule has 0 amide bonds. The van der Waals surface area contributed by atoms with E-state index in [0.29, 0.717) is 39.5 Å². The Morgan fingerprint density at radius 1 is 0.508 bits per heavy atom. The number of nitriles is 1. The van der Waals surface area contributed by atoms with Crippen molar-refractivity contribution >= 4 is 103 Å². The average molecular weight is 793 g/mol. The monoisotopic (exact) mass is 792 g/mol. The Labute approximate surface area is 352 Å². The van der Waals surface area contributed by atoms with Gasteiger partial charge in [0.2, 0.25) is 5.69 Å². The van der Waals surface area contributed by atoms with Gasteiger partial charge in [0.05, 0.1) is 39.2 Å². The third kappa shape index (κ3) is 4.42. The molecule has 0 N–H and O–H groups in total. The van der Waals surface area contributed by atoms with Crippen LogP contribution in [0.1, 0.15) is 5.56 Å². The molecule has 0 aliphatic carbocycles. The fraction of sp³-hybridized carbons (Fsp3) is 0. The van der Waals surface area contributed by atoms with Crippen LogP contribution in [0, 0.1) is 17.9 Å². The highest BCUT2D eigenvalue weighted by molar-refractivity contribution is 7.26. The van der Waals surface area contributed by atoms with Gasteiger partial charge in [0.25, 0.3) is 0 Å². The number of nitrogens with zero attached hydrogens (tertiary/aromatic N) is 6. The van der Waals surface area contributed by atoms with Gasteiger partial charge in [0.15, 0.2) is 0 Å². The summed E-state index contributed by atoms with van der Waals surface area (Å²) >= 11 is 1.77. The van der Waals surface area contributed by atoms with Crippen LogP contribution in [0.2, 0.25) is 0 Å². The Bertz CT molecular complexity index is 3980. The SMILES string of the molecule is [C-]#[N+]c1c(-c2ccccc2)c(C#N)c(-n2c3ccccc3c3ccc4c5ccccc5sc4c32)c(-c2ccccc2)c1-n1c2nccc3c4ccccc4c4ccnc1c4c32. The van der Waals surface area contributed by atoms with Gasteiger partial charge in [0, 0.05) is 60.5 Å². The van der Waals surface area contributed by atoms with Gasteiger partial charge in [-0.25, -0.2) is 14.8 Å². The molecular formula is C54H28N6S. The molecule has 0 bridgehead atoms. The van der Waals surface area contributed by atoms with Gasteiger partial charge >= 0.3 is 0 Å². The fourth-order valence-corrected chi connectivity index (χ4v) is 11.3. The normalized spacial score (nSPS) is 11.9. The maximum Gasteiger partial charge on any atom is 0.220 e. The quantitative estimate of drug-likeness (QED) is 0.132. The van der Waals surface area contributed by atoms with Crippen LogP contribution in [-0.2, 0) is 0 Å². The maximum absolute atomic E-state index is 11.8. The lowest BCUT2D eigenvalue weighted by molar-refractivity contribution is 1.09. The van der Waals surface area contributed by atoms with E-state index in [1.165, 1.54) is 10.1 Å². The van der Waals surface area contributed by atoms with Crippen molar-refractivity contribution in [2.45, 2.75) is 0 Å². The van der Waals surface area contributed by atoms with Crippen LogP contribution < -0.4 is 0 Å². The lowest BCUT2D eigenvalue weighted by Crippen LogP contribution is -2.09. The van der Waals surface area contributed by atoms with Crippen molar-refractivity contribution in [3.05, 3.63) is 187 Å². The molecule has 0 atom stereocenters. The van der Waals surface area contributed by atoms with Crippen molar-refractivity contribution in [3.63, 3.8) is 0 Å². The summed E-state index contributed by atoms with van der Waals surface area (Å²) in [6, 6.07) is 57.0. The van der Waals surface area contributed by atoms with Crippen molar-refractivity contribution < 1.29 is 0 Å². The summed E-state index contributed by atoms with van der Waals surface area (Å²) in [5, 5.41) is 22.7. The number of rotatable bonds is 4. The Kier molecular flexibility index (Phi) is 6.92. The van der Waals surface area contributed by atoms with E-state index in [9.17, 15) is 5.26 Å². The second kappa shape index (κ2) is 12.6. The van der Waals surface area contributed by atoms with Gasteiger partial charge < -0.3 is 4.57 Å². The van der Waals surface area contributed by atoms with Crippen LogP contribution in [0.25, 0.3) is 124 Å². The highest BCUT2D eigenvalue weighted by Crippen LogP contribution is 2.54. The van der Waals surface area contributed by atoms with E-state index in [1.807, 2.05) is 60.9 Å². The molecule has 6 nitrogen and oxygen atoms in total. The van der Waals surface area contributed by atoms with E-state index in [-0.39, 0.29) is 0 Å². The van der Waals surface area contributed by atoms with Gasteiger partial charge in [0.1, 0.15) is 17.4 Å². The van der Waals surface area contributed by atoms with Crippen molar-refractivity contribution in [2.75, 3.05) is 0 Å². The lowest BCUT2D eigenvalue weighted by Gasteiger charge is -2.25. The van der Waals surface area contributed by atoms with Crippen LogP contribution in [-0.4, -0.2) is 19.1 Å². The Morgan fingerprint density at radius 3 is 1.70 bits per heavy atom. The molecule has 13 rings (SSSR count). The molecule has 7 heteroatoms. The van der Waals surface area contributed by atoms with Crippen molar-refractivity contribution in [1.82, 2.24) is 19.1 Å². The Hall–Kier alpha value is -8.36. The molecule has 0 radical (unpaired) electrons. The van der Waals surface area contributed by atoms with Crippen LogP contribution in [0.5, 0.6) is 0 Å². The third-order valence-corrected chi connectivity index (χ3v) is 13.6. The predicted octanol–water partition coefficient (Wildman–Crippen LogP) is 14.5. The number of hydrogen-bond acceptors (Lipinski definition) is 4. The van der Waals surface area contributed by atoms with E-state index in [2.05, 4.69) is 129 Å². The molecular weight excluding hydrogens is 765 g/mol. The van der Waals surface area contributed by atoms with E-state index in [4.69, 9.17) is 16.5 Å². The molecule has 0 fully saturated rings. The topological polar surface area (TPSA) is 63.8 Å². The second-order valence-electron chi connectivity index (χ2n) is 15.4. The number of para-hydroxylation sites is 1. The van der Waals surface area contributed by atoms with Crippen LogP contribution in [0.15, 0.2) is 170 Å². The minimum atomic E-state index is 0.355. The number of pyridine rings is 2. The molecule has 0 aliphatic rings. The molecule has 0 saturated heterocycles. The fourth-order valence-electron chi connectivity index (χ4n) is 10.0. The van der Waals surface area contributed by atoms with Crippen LogP contribution in [0.3, 0.4) is 0 Å². The summed E-state index contributed by atoms with van der Waals surface area (Å²) in [5.41, 5.74) is 8.45. The van der Waals surface area contributed by atoms with Crippen LogP contribution >= 0.6 is 11.3 Å². The molecule has 0 aliphatic heterocycles. The molecule has 13 aromatic rings. The number of fused-ring (bicyclic) bond motifs is 10. The number of thiophene rings is 1. The first-order chi connectivity index (χ1) is 30.2. The molecule has 0 saturated carbocycles. The smallest absolute Gasteiger partial charge is 0.220 e. The maximum atomic E-state index is 11.8. The van der Waals surface area contributed by atoms with Crippen molar-refractivity contribution in [1.29, 1.82) is 5.26 Å². The van der Waals surface area contributed by atoms with E-state index in [0.717, 1.165) is 80.9 Å². The third-order valence-electron chi connectivity index (χ3n) is 12.4. The summed E-state index contributed by atoms with van der Waals surface area (Å²) < 4.78 is 6.75. The molecule has 8 aromatic carbocycles. The molecule has 61 heavy (non-hydrogen) atoms. The zero-order valence-corrected chi connectivity index (χ0v) is 33.1. The standard InChI is InChI=1S/C54H28N6S/c1-56-48-44(31-14-4-2-5-15-31)41(30-55)49(59-42-22-12-10-20-35(42)39-24-25-40-36-21-11-13-23-43(36)61-52(40)50(39)59)45(32-16-6-3-7-17-32)51(48)60-53-46-37(26-28-57-53)33-18-8-9-19-34(33)38-27-29-58-54(60)47(38)46/h2-29H. The van der Waals surface area contributed by atoms with Gasteiger partial charge in [-0.2, -0.15) is 5.26 Å². The van der Waals surface area contributed by atoms with Gasteiger partial charge in [-0.3, -0.25) is 4.57 Å². The lowest BCUT2D eigenvalue weighted by atomic mass is 9.88. The molecule has 0 unspecified atom stereocenters. The molecule has 0 spiro atoms. The average Bonchev–Trinajstić information content (AvgIpc) is 3.99. The number of hydrogen-bond donors (Lipinski definition) is 0. The van der Waals surface area contributed by atoms with E-state index < -0.39 is 0 Å². The van der Waals surface area contributed by atoms with Crippen LogP contribution in [0.4, 0.5) is 5.69 Å². The summed E-state index contributed by atoms with van der Waals surface area (Å²) in [6.07, 6.45) is 3.73. The summed E-state index contributed by atoms with van der Waals surface area (Å²) in [7, 11) is 0. The highest BCUT2D eigenvalue weighted by Gasteiger charge is 2.33. The number of benzene rings is 8. The summed E-state index contributed by atoms with van der Waals surface area (Å²) in [5.74, 6) is 0. The summed E-state index contributed by atoms with van der Waals surface area (Å²) in [4.78, 5) is 14.8. The Morgan fingerprint density at radius 2 is 1.07 bits per heavy atom. The molecule has 5 aromatic heterocycles.